The van der Waals surface area contributed by atoms with Crippen molar-refractivity contribution in [3.8, 4) is 5.75 Å². The first-order valence-corrected chi connectivity index (χ1v) is 13.0. The van der Waals surface area contributed by atoms with Gasteiger partial charge in [-0.3, -0.25) is 19.9 Å². The molecule has 4 rings (SSSR count). The lowest BCUT2D eigenvalue weighted by molar-refractivity contribution is -0.384. The number of thioether (sulfide) groups is 1. The minimum atomic E-state index is -0.491. The molecular weight excluding hydrogens is 608 g/mol. The van der Waals surface area contributed by atoms with Gasteiger partial charge in [-0.2, -0.15) is 0 Å². The molecule has 3 aromatic carbocycles. The lowest BCUT2D eigenvalue weighted by atomic mass is 10.2. The largest absolute Gasteiger partial charge is 0.506 e. The number of nitrogens with zero attached hydrogens (tertiary/aromatic N) is 3. The van der Waals surface area contributed by atoms with Gasteiger partial charge >= 0.3 is 0 Å². The first-order chi connectivity index (χ1) is 16.3. The summed E-state index contributed by atoms with van der Waals surface area (Å²) in [5, 5.41) is 23.6. The number of hydrogen-bond acceptors (Lipinski definition) is 8. The summed E-state index contributed by atoms with van der Waals surface area (Å²) in [5.74, 6) is 0.0265. The summed E-state index contributed by atoms with van der Waals surface area (Å²) in [5.41, 5.74) is 2.54. The molecule has 0 atom stereocenters. The second-order valence-electron chi connectivity index (χ2n) is 6.86. The number of amides is 1. The number of nitrogens with one attached hydrogen (secondary N) is 1. The number of halogens is 2. The van der Waals surface area contributed by atoms with Crippen molar-refractivity contribution in [1.82, 2.24) is 4.98 Å². The third-order valence-electron chi connectivity index (χ3n) is 4.45. The van der Waals surface area contributed by atoms with E-state index in [1.54, 1.807) is 18.3 Å². The van der Waals surface area contributed by atoms with Crippen LogP contribution in [0.15, 0.2) is 72.9 Å². The second-order valence-corrected chi connectivity index (χ2v) is 10.9. The van der Waals surface area contributed by atoms with Gasteiger partial charge in [-0.1, -0.05) is 27.7 Å². The molecule has 0 unspecified atom stereocenters. The third kappa shape index (κ3) is 6.00. The van der Waals surface area contributed by atoms with Crippen molar-refractivity contribution in [3.05, 3.63) is 79.2 Å². The van der Waals surface area contributed by atoms with E-state index in [2.05, 4.69) is 47.2 Å². The van der Waals surface area contributed by atoms with E-state index in [1.165, 1.54) is 47.4 Å². The van der Waals surface area contributed by atoms with Crippen LogP contribution in [-0.2, 0) is 4.79 Å². The zero-order valence-electron chi connectivity index (χ0n) is 17.1. The molecule has 4 aromatic rings. The van der Waals surface area contributed by atoms with Crippen LogP contribution in [0.5, 0.6) is 5.75 Å². The van der Waals surface area contributed by atoms with Crippen LogP contribution in [0.25, 0.3) is 10.2 Å². The Balaban J connectivity index is 1.40. The molecule has 1 amide bonds. The van der Waals surface area contributed by atoms with E-state index in [-0.39, 0.29) is 23.1 Å². The summed E-state index contributed by atoms with van der Waals surface area (Å²) in [6.07, 6.45) is 1.59. The summed E-state index contributed by atoms with van der Waals surface area (Å²) in [7, 11) is 0. The van der Waals surface area contributed by atoms with Gasteiger partial charge < -0.3 is 10.4 Å². The van der Waals surface area contributed by atoms with Gasteiger partial charge in [-0.05, 0) is 58.4 Å². The highest BCUT2D eigenvalue weighted by Gasteiger charge is 2.11. The predicted octanol–water partition coefficient (Wildman–Crippen LogP) is 6.92. The highest BCUT2D eigenvalue weighted by Crippen LogP contribution is 2.33. The molecule has 0 saturated carbocycles. The number of benzene rings is 3. The summed E-state index contributed by atoms with van der Waals surface area (Å²) in [6, 6.07) is 14.8. The number of aliphatic imine (C=N–C) groups is 1. The number of carbonyl (C=O) groups excluding carboxylic acids is 1. The maximum Gasteiger partial charge on any atom is 0.269 e. The van der Waals surface area contributed by atoms with Crippen molar-refractivity contribution in [2.24, 2.45) is 4.99 Å². The number of thiazole rings is 1. The summed E-state index contributed by atoms with van der Waals surface area (Å²) in [4.78, 5) is 31.5. The number of phenolic OH excluding ortho intramolecular Hbond substituents is 1. The average molecular weight is 622 g/mol. The summed E-state index contributed by atoms with van der Waals surface area (Å²) < 4.78 is 3.05. The molecule has 0 aliphatic rings. The molecule has 0 aliphatic heterocycles. The monoisotopic (exact) mass is 620 g/mol. The van der Waals surface area contributed by atoms with E-state index in [1.807, 2.05) is 18.2 Å². The van der Waals surface area contributed by atoms with Crippen LogP contribution in [0.4, 0.5) is 17.1 Å². The van der Waals surface area contributed by atoms with Crippen molar-refractivity contribution in [2.45, 2.75) is 4.34 Å². The fourth-order valence-corrected chi connectivity index (χ4v) is 6.01. The Kier molecular flexibility index (Phi) is 7.61. The van der Waals surface area contributed by atoms with Crippen molar-refractivity contribution >= 4 is 94.4 Å². The Morgan fingerprint density at radius 2 is 1.97 bits per heavy atom. The Morgan fingerprint density at radius 3 is 2.71 bits per heavy atom. The van der Waals surface area contributed by atoms with E-state index in [0.717, 1.165) is 19.0 Å². The number of phenols is 1. The molecule has 1 heterocycles. The van der Waals surface area contributed by atoms with E-state index in [0.29, 0.717) is 21.4 Å². The maximum atomic E-state index is 12.2. The molecule has 34 heavy (non-hydrogen) atoms. The Labute approximate surface area is 218 Å². The number of fused-ring (bicyclic) bond motifs is 1. The van der Waals surface area contributed by atoms with Crippen LogP contribution in [-0.4, -0.2) is 32.9 Å². The number of non-ortho nitro benzene ring substituents is 1. The van der Waals surface area contributed by atoms with E-state index < -0.39 is 4.92 Å². The molecule has 0 bridgehead atoms. The molecule has 1 aromatic heterocycles. The zero-order chi connectivity index (χ0) is 24.2. The molecule has 0 fully saturated rings. The smallest absolute Gasteiger partial charge is 0.269 e. The highest BCUT2D eigenvalue weighted by molar-refractivity contribution is 9.11. The van der Waals surface area contributed by atoms with Crippen LogP contribution in [0.3, 0.4) is 0 Å². The normalized spacial score (nSPS) is 11.2. The molecule has 0 radical (unpaired) electrons. The molecule has 2 N–H and O–H groups in total. The fraction of sp³-hybridized carbons (Fsp3) is 0.0455. The molecule has 0 spiro atoms. The van der Waals surface area contributed by atoms with Crippen LogP contribution in [0.2, 0.25) is 0 Å². The summed E-state index contributed by atoms with van der Waals surface area (Å²) in [6.45, 7) is 0. The van der Waals surface area contributed by atoms with Gasteiger partial charge in [0.05, 0.1) is 31.1 Å². The van der Waals surface area contributed by atoms with Gasteiger partial charge in [-0.15, -0.1) is 11.3 Å². The minimum Gasteiger partial charge on any atom is -0.506 e. The van der Waals surface area contributed by atoms with Gasteiger partial charge in [0.1, 0.15) is 5.75 Å². The number of nitro benzene ring substituents is 1. The quantitative estimate of drug-likeness (QED) is 0.100. The number of rotatable bonds is 7. The number of hydrogen-bond donors (Lipinski definition) is 2. The Hall–Kier alpha value is -2.80. The van der Waals surface area contributed by atoms with Gasteiger partial charge in [0.2, 0.25) is 5.91 Å². The van der Waals surface area contributed by atoms with Gasteiger partial charge in [-0.25, -0.2) is 4.98 Å². The van der Waals surface area contributed by atoms with Crippen LogP contribution in [0, 0.1) is 10.1 Å². The topological polar surface area (TPSA) is 118 Å². The lowest BCUT2D eigenvalue weighted by Crippen LogP contribution is -2.13. The lowest BCUT2D eigenvalue weighted by Gasteiger charge is -2.03. The standard InChI is InChI=1S/C22H14Br2N4O4S2/c23-13-7-12(21(30)17(24)8-13)10-25-15-3-6-18-19(9-15)34-22(27-18)33-11-20(29)26-14-1-4-16(5-2-14)28(31)32/h1-10,30H,11H2,(H,26,29). The molecule has 12 heteroatoms. The molecule has 0 aliphatic carbocycles. The third-order valence-corrected chi connectivity index (χ3v) is 7.67. The van der Waals surface area contributed by atoms with Gasteiger partial charge in [0.25, 0.3) is 5.69 Å². The number of nitro groups is 1. The van der Waals surface area contributed by atoms with Crippen molar-refractivity contribution in [3.63, 3.8) is 0 Å². The Morgan fingerprint density at radius 1 is 1.21 bits per heavy atom. The number of aromatic nitrogens is 1. The molecule has 0 saturated heterocycles. The molecular formula is C22H14Br2N4O4S2. The SMILES string of the molecule is O=C(CSc1nc2ccc(N=Cc3cc(Br)cc(Br)c3O)cc2s1)Nc1ccc([N+](=O)[O-])cc1. The van der Waals surface area contributed by atoms with Crippen LogP contribution in [0.1, 0.15) is 5.56 Å². The molecule has 8 nitrogen and oxygen atoms in total. The van der Waals surface area contributed by atoms with Crippen molar-refractivity contribution < 1.29 is 14.8 Å². The fourth-order valence-electron chi connectivity index (χ4n) is 2.85. The Bertz CT molecular complexity index is 1420. The summed E-state index contributed by atoms with van der Waals surface area (Å²) >= 11 is 9.46. The van der Waals surface area contributed by atoms with Gasteiger partial charge in [0, 0.05) is 34.1 Å². The van der Waals surface area contributed by atoms with E-state index >= 15 is 0 Å². The number of anilines is 1. The van der Waals surface area contributed by atoms with Gasteiger partial charge in [0.15, 0.2) is 4.34 Å². The first-order valence-electron chi connectivity index (χ1n) is 9.58. The van der Waals surface area contributed by atoms with Crippen LogP contribution >= 0.6 is 55.0 Å². The zero-order valence-corrected chi connectivity index (χ0v) is 21.9. The first kappa shape index (κ1) is 24.3. The highest BCUT2D eigenvalue weighted by atomic mass is 79.9. The predicted molar refractivity (Wildman–Crippen MR) is 143 cm³/mol. The van der Waals surface area contributed by atoms with Crippen molar-refractivity contribution in [2.75, 3.05) is 11.1 Å². The van der Waals surface area contributed by atoms with Crippen LogP contribution < -0.4 is 5.32 Å². The second kappa shape index (κ2) is 10.6. The minimum absolute atomic E-state index is 0.0353. The van der Waals surface area contributed by atoms with Crippen molar-refractivity contribution in [1.29, 1.82) is 0 Å². The maximum absolute atomic E-state index is 12.2. The van der Waals surface area contributed by atoms with E-state index in [4.69, 9.17) is 0 Å². The number of carbonyl (C=O) groups is 1. The molecule has 172 valence electrons. The average Bonchev–Trinajstić information content (AvgIpc) is 3.21. The van der Waals surface area contributed by atoms with E-state index in [9.17, 15) is 20.0 Å². The number of aromatic hydroxyl groups is 1.